The van der Waals surface area contributed by atoms with E-state index in [0.29, 0.717) is 12.0 Å². The van der Waals surface area contributed by atoms with Crippen molar-refractivity contribution in [1.82, 2.24) is 0 Å². The molecule has 5 nitrogen and oxygen atoms in total. The molecule has 90 valence electrons. The van der Waals surface area contributed by atoms with Crippen molar-refractivity contribution in [3.63, 3.8) is 0 Å². The van der Waals surface area contributed by atoms with Crippen LogP contribution in [0.1, 0.15) is 26.7 Å². The van der Waals surface area contributed by atoms with Crippen LogP contribution < -0.4 is 5.73 Å². The summed E-state index contributed by atoms with van der Waals surface area (Å²) in [5.74, 6) is -2.08. The summed E-state index contributed by atoms with van der Waals surface area (Å²) in [7, 11) is 0. The molecule has 4 N–H and O–H groups in total. The Balaban J connectivity index is 3.10. The second-order valence-corrected chi connectivity index (χ2v) is 4.01. The summed E-state index contributed by atoms with van der Waals surface area (Å²) in [4.78, 5) is 10.8. The van der Waals surface area contributed by atoms with E-state index in [1.807, 2.05) is 6.92 Å². The van der Waals surface area contributed by atoms with E-state index in [1.165, 1.54) is 13.0 Å². The lowest BCUT2D eigenvalue weighted by Gasteiger charge is -2.41. The summed E-state index contributed by atoms with van der Waals surface area (Å²) in [6.07, 6.45) is 4.72. The Hall–Kier alpha value is -1.33. The second kappa shape index (κ2) is 4.27. The van der Waals surface area contributed by atoms with Crippen molar-refractivity contribution in [3.05, 3.63) is 23.8 Å². The Morgan fingerprint density at radius 1 is 1.56 bits per heavy atom. The minimum atomic E-state index is -2.08. The van der Waals surface area contributed by atoms with E-state index in [-0.39, 0.29) is 0 Å². The van der Waals surface area contributed by atoms with E-state index in [2.05, 4.69) is 4.74 Å². The van der Waals surface area contributed by atoms with Crippen LogP contribution in [0.15, 0.2) is 23.8 Å². The van der Waals surface area contributed by atoms with Crippen LogP contribution in [-0.2, 0) is 4.74 Å². The molecule has 0 heterocycles. The summed E-state index contributed by atoms with van der Waals surface area (Å²) < 4.78 is 4.68. The number of rotatable bonds is 3. The third kappa shape index (κ3) is 2.10. The predicted molar refractivity (Wildman–Crippen MR) is 58.4 cm³/mol. The fourth-order valence-corrected chi connectivity index (χ4v) is 1.74. The van der Waals surface area contributed by atoms with Crippen LogP contribution in [0.4, 0.5) is 4.79 Å². The molecule has 0 radical (unpaired) electrons. The molecule has 0 bridgehead atoms. The highest BCUT2D eigenvalue weighted by atomic mass is 16.7. The Bertz CT molecular complexity index is 346. The molecule has 1 amide bonds. The molecule has 16 heavy (non-hydrogen) atoms. The molecule has 0 spiro atoms. The summed E-state index contributed by atoms with van der Waals surface area (Å²) in [5.41, 5.74) is 3.66. The average molecular weight is 227 g/mol. The third-order valence-corrected chi connectivity index (χ3v) is 2.61. The van der Waals surface area contributed by atoms with Crippen molar-refractivity contribution in [2.45, 2.75) is 38.1 Å². The Morgan fingerprint density at radius 3 is 2.69 bits per heavy atom. The van der Waals surface area contributed by atoms with Gasteiger partial charge in [0.05, 0.1) is 0 Å². The first-order valence-corrected chi connectivity index (χ1v) is 5.15. The van der Waals surface area contributed by atoms with Crippen molar-refractivity contribution in [2.75, 3.05) is 0 Å². The van der Waals surface area contributed by atoms with Gasteiger partial charge in [-0.25, -0.2) is 4.79 Å². The minimum Gasteiger partial charge on any atom is -0.410 e. The fraction of sp³-hybridized carbons (Fsp3) is 0.545. The monoisotopic (exact) mass is 227 g/mol. The number of hydrogen-bond donors (Lipinski definition) is 3. The van der Waals surface area contributed by atoms with Crippen molar-refractivity contribution >= 4 is 6.09 Å². The van der Waals surface area contributed by atoms with E-state index in [1.54, 1.807) is 12.2 Å². The molecule has 0 aromatic carbocycles. The lowest BCUT2D eigenvalue weighted by atomic mass is 9.82. The van der Waals surface area contributed by atoms with Crippen LogP contribution in [-0.4, -0.2) is 27.7 Å². The van der Waals surface area contributed by atoms with Crippen molar-refractivity contribution in [1.29, 1.82) is 0 Å². The first kappa shape index (κ1) is 12.7. The molecule has 0 saturated carbocycles. The van der Waals surface area contributed by atoms with Crippen molar-refractivity contribution in [3.8, 4) is 0 Å². The van der Waals surface area contributed by atoms with Gasteiger partial charge < -0.3 is 20.7 Å². The van der Waals surface area contributed by atoms with E-state index in [9.17, 15) is 15.0 Å². The third-order valence-electron chi connectivity index (χ3n) is 2.61. The zero-order chi connectivity index (χ0) is 12.4. The second-order valence-electron chi connectivity index (χ2n) is 4.01. The van der Waals surface area contributed by atoms with Crippen LogP contribution >= 0.6 is 0 Å². The van der Waals surface area contributed by atoms with E-state index >= 15 is 0 Å². The van der Waals surface area contributed by atoms with E-state index in [0.717, 1.165) is 6.42 Å². The standard InChI is InChI=1S/C11H17NO4/c1-3-5-8-6-4-7-10(2,14)11(8,15)16-9(12)13/h4,6-7,14-15H,3,5H2,1-2H3,(H2,12,13). The van der Waals surface area contributed by atoms with Gasteiger partial charge in [-0.05, 0) is 19.4 Å². The van der Waals surface area contributed by atoms with Crippen LogP contribution in [0.5, 0.6) is 0 Å². The van der Waals surface area contributed by atoms with Crippen molar-refractivity contribution in [2.24, 2.45) is 5.73 Å². The summed E-state index contributed by atoms with van der Waals surface area (Å²) in [6.45, 7) is 3.27. The molecule has 1 aliphatic rings. The zero-order valence-corrected chi connectivity index (χ0v) is 9.43. The maximum absolute atomic E-state index is 10.8. The smallest absolute Gasteiger partial charge is 0.407 e. The molecule has 1 aliphatic carbocycles. The number of allylic oxidation sites excluding steroid dienone is 2. The molecule has 0 aromatic heterocycles. The Kier molecular flexibility index (Phi) is 3.40. The highest BCUT2D eigenvalue weighted by Gasteiger charge is 2.51. The number of carbonyl (C=O) groups excluding carboxylic acids is 1. The quantitative estimate of drug-likeness (QED) is 0.622. The summed E-state index contributed by atoms with van der Waals surface area (Å²) >= 11 is 0. The number of aliphatic hydroxyl groups is 2. The maximum atomic E-state index is 10.8. The SMILES string of the molecule is CCCC1=CC=CC(C)(O)C1(O)OC(N)=O. The summed E-state index contributed by atoms with van der Waals surface area (Å²) in [5, 5.41) is 20.3. The number of hydrogen-bond acceptors (Lipinski definition) is 4. The van der Waals surface area contributed by atoms with Gasteiger partial charge in [0, 0.05) is 5.57 Å². The fourth-order valence-electron chi connectivity index (χ4n) is 1.74. The lowest BCUT2D eigenvalue weighted by Crippen LogP contribution is -2.57. The lowest BCUT2D eigenvalue weighted by molar-refractivity contribution is -0.223. The van der Waals surface area contributed by atoms with Gasteiger partial charge in [0.1, 0.15) is 5.60 Å². The molecule has 0 aliphatic heterocycles. The van der Waals surface area contributed by atoms with Crippen LogP contribution in [0.2, 0.25) is 0 Å². The maximum Gasteiger partial charge on any atom is 0.407 e. The normalized spacial score (nSPS) is 33.4. The first-order valence-electron chi connectivity index (χ1n) is 5.15. The average Bonchev–Trinajstić information content (AvgIpc) is 2.13. The zero-order valence-electron chi connectivity index (χ0n) is 9.43. The number of amides is 1. The molecular formula is C11H17NO4. The highest BCUT2D eigenvalue weighted by Crippen LogP contribution is 2.37. The number of carbonyl (C=O) groups is 1. The van der Waals surface area contributed by atoms with E-state index in [4.69, 9.17) is 5.73 Å². The number of nitrogens with two attached hydrogens (primary N) is 1. The van der Waals surface area contributed by atoms with Gasteiger partial charge in [0.15, 0.2) is 0 Å². The molecule has 2 unspecified atom stereocenters. The van der Waals surface area contributed by atoms with Crippen LogP contribution in [0.3, 0.4) is 0 Å². The van der Waals surface area contributed by atoms with Gasteiger partial charge in [-0.3, -0.25) is 0 Å². The predicted octanol–water partition coefficient (Wildman–Crippen LogP) is 0.818. The summed E-state index contributed by atoms with van der Waals surface area (Å²) in [6, 6.07) is 0. The molecule has 5 heteroatoms. The molecular weight excluding hydrogens is 210 g/mol. The Labute approximate surface area is 94.2 Å². The first-order chi connectivity index (χ1) is 7.33. The molecule has 0 aromatic rings. The number of primary amides is 1. The van der Waals surface area contributed by atoms with Gasteiger partial charge in [-0.15, -0.1) is 0 Å². The van der Waals surface area contributed by atoms with Gasteiger partial charge >= 0.3 is 6.09 Å². The molecule has 1 rings (SSSR count). The molecule has 0 fully saturated rings. The van der Waals surface area contributed by atoms with Gasteiger partial charge in [-0.2, -0.15) is 0 Å². The highest BCUT2D eigenvalue weighted by molar-refractivity contribution is 5.66. The van der Waals surface area contributed by atoms with Crippen molar-refractivity contribution < 1.29 is 19.7 Å². The Morgan fingerprint density at radius 2 is 2.19 bits per heavy atom. The van der Waals surface area contributed by atoms with Gasteiger partial charge in [0.25, 0.3) is 5.79 Å². The minimum absolute atomic E-state index is 0.432. The van der Waals surface area contributed by atoms with Crippen LogP contribution in [0, 0.1) is 0 Å². The molecule has 0 saturated heterocycles. The van der Waals surface area contributed by atoms with E-state index < -0.39 is 17.5 Å². The largest absolute Gasteiger partial charge is 0.410 e. The topological polar surface area (TPSA) is 92.8 Å². The van der Waals surface area contributed by atoms with Crippen LogP contribution in [0.25, 0.3) is 0 Å². The number of ether oxygens (including phenoxy) is 1. The molecule has 2 atom stereocenters. The van der Waals surface area contributed by atoms with Gasteiger partial charge in [-0.1, -0.05) is 25.5 Å². The van der Waals surface area contributed by atoms with Gasteiger partial charge in [0.2, 0.25) is 0 Å².